The molecule has 0 aromatic carbocycles. The van der Waals surface area contributed by atoms with Gasteiger partial charge in [-0.1, -0.05) is 19.8 Å². The number of hydrogen-bond donors (Lipinski definition) is 1. The molecular formula is C12H19N3. The molecule has 15 heavy (non-hydrogen) atoms. The van der Waals surface area contributed by atoms with Crippen molar-refractivity contribution >= 4 is 0 Å². The van der Waals surface area contributed by atoms with Crippen molar-refractivity contribution < 1.29 is 0 Å². The Kier molecular flexibility index (Phi) is 3.31. The Morgan fingerprint density at radius 1 is 1.27 bits per heavy atom. The van der Waals surface area contributed by atoms with Gasteiger partial charge < -0.3 is 5.32 Å². The molecule has 0 amide bonds. The summed E-state index contributed by atoms with van der Waals surface area (Å²) in [5.41, 5.74) is 0.509. The van der Waals surface area contributed by atoms with Crippen LogP contribution >= 0.6 is 0 Å². The fraction of sp³-hybridized carbons (Fsp3) is 0.667. The van der Waals surface area contributed by atoms with Crippen LogP contribution < -0.4 is 5.32 Å². The molecule has 1 aliphatic carbocycles. The second kappa shape index (κ2) is 4.71. The van der Waals surface area contributed by atoms with Crippen LogP contribution in [0, 0.1) is 5.41 Å². The summed E-state index contributed by atoms with van der Waals surface area (Å²) in [6.07, 6.45) is 9.08. The maximum absolute atomic E-state index is 4.19. The van der Waals surface area contributed by atoms with Crippen LogP contribution in [0.3, 0.4) is 0 Å². The maximum Gasteiger partial charge on any atom is 0.141 e. The predicted molar refractivity (Wildman–Crippen MR) is 60.3 cm³/mol. The zero-order valence-electron chi connectivity index (χ0n) is 9.37. The summed E-state index contributed by atoms with van der Waals surface area (Å²) >= 11 is 0. The monoisotopic (exact) mass is 205 g/mol. The molecule has 0 saturated heterocycles. The number of nitrogens with zero attached hydrogens (tertiary/aromatic N) is 2. The fourth-order valence-corrected chi connectivity index (χ4v) is 2.30. The lowest BCUT2D eigenvalue weighted by atomic mass is 9.89. The molecule has 0 unspecified atom stereocenters. The van der Waals surface area contributed by atoms with Crippen LogP contribution in [0.4, 0.5) is 0 Å². The van der Waals surface area contributed by atoms with Crippen LogP contribution in [-0.2, 0) is 6.54 Å². The third-order valence-corrected chi connectivity index (χ3v) is 3.26. The van der Waals surface area contributed by atoms with Gasteiger partial charge in [0.1, 0.15) is 5.82 Å². The topological polar surface area (TPSA) is 37.8 Å². The molecule has 1 aromatic heterocycles. The van der Waals surface area contributed by atoms with Gasteiger partial charge in [0, 0.05) is 18.9 Å². The van der Waals surface area contributed by atoms with E-state index in [0.717, 1.165) is 18.9 Å². The Morgan fingerprint density at radius 3 is 2.60 bits per heavy atom. The highest BCUT2D eigenvalue weighted by Gasteiger charge is 2.27. The lowest BCUT2D eigenvalue weighted by Crippen LogP contribution is -2.29. The Morgan fingerprint density at radius 2 is 1.93 bits per heavy atom. The lowest BCUT2D eigenvalue weighted by Gasteiger charge is -2.23. The van der Waals surface area contributed by atoms with Gasteiger partial charge in [-0.15, -0.1) is 0 Å². The Hall–Kier alpha value is -0.960. The first-order valence-electron chi connectivity index (χ1n) is 5.75. The zero-order chi connectivity index (χ0) is 10.6. The fourth-order valence-electron chi connectivity index (χ4n) is 2.30. The van der Waals surface area contributed by atoms with Crippen LogP contribution in [0.25, 0.3) is 0 Å². The van der Waals surface area contributed by atoms with Gasteiger partial charge in [-0.05, 0) is 24.3 Å². The molecule has 3 heteroatoms. The van der Waals surface area contributed by atoms with E-state index < -0.39 is 0 Å². The molecule has 82 valence electrons. The van der Waals surface area contributed by atoms with Gasteiger partial charge in [-0.3, -0.25) is 0 Å². The summed E-state index contributed by atoms with van der Waals surface area (Å²) in [5.74, 6) is 0.888. The highest BCUT2D eigenvalue weighted by Crippen LogP contribution is 2.36. The molecule has 1 aromatic rings. The molecule has 3 nitrogen and oxygen atoms in total. The summed E-state index contributed by atoms with van der Waals surface area (Å²) in [5, 5.41) is 3.46. The molecule has 2 rings (SSSR count). The number of hydrogen-bond acceptors (Lipinski definition) is 3. The smallest absolute Gasteiger partial charge is 0.141 e. The predicted octanol–water partition coefficient (Wildman–Crippen LogP) is 2.15. The van der Waals surface area contributed by atoms with Gasteiger partial charge in [-0.2, -0.15) is 0 Å². The van der Waals surface area contributed by atoms with Crippen LogP contribution in [0.2, 0.25) is 0 Å². The Bertz CT molecular complexity index is 291. The standard InChI is InChI=1S/C12H19N3/c1-12(5-2-3-6-12)10-13-9-11-14-7-4-8-15-11/h4,7-8,13H,2-3,5-6,9-10H2,1H3. The molecule has 1 saturated carbocycles. The average Bonchev–Trinajstić information content (AvgIpc) is 2.67. The highest BCUT2D eigenvalue weighted by molar-refractivity contribution is 4.89. The van der Waals surface area contributed by atoms with E-state index >= 15 is 0 Å². The van der Waals surface area contributed by atoms with Crippen LogP contribution in [0.15, 0.2) is 18.5 Å². The lowest BCUT2D eigenvalue weighted by molar-refractivity contribution is 0.313. The summed E-state index contributed by atoms with van der Waals surface area (Å²) in [6, 6.07) is 1.85. The highest BCUT2D eigenvalue weighted by atomic mass is 15.0. The van der Waals surface area contributed by atoms with E-state index in [1.807, 2.05) is 6.07 Å². The Labute approximate surface area is 91.3 Å². The van der Waals surface area contributed by atoms with Crippen molar-refractivity contribution in [2.75, 3.05) is 6.54 Å². The van der Waals surface area contributed by atoms with Crippen molar-refractivity contribution in [3.8, 4) is 0 Å². The van der Waals surface area contributed by atoms with Gasteiger partial charge in [0.2, 0.25) is 0 Å². The SMILES string of the molecule is CC1(CNCc2ncccn2)CCCC1. The molecular weight excluding hydrogens is 186 g/mol. The van der Waals surface area contributed by atoms with Crippen LogP contribution in [-0.4, -0.2) is 16.5 Å². The Balaban J connectivity index is 1.75. The van der Waals surface area contributed by atoms with Crippen LogP contribution in [0.1, 0.15) is 38.4 Å². The van der Waals surface area contributed by atoms with Gasteiger partial charge in [0.05, 0.1) is 6.54 Å². The average molecular weight is 205 g/mol. The van der Waals surface area contributed by atoms with E-state index in [2.05, 4.69) is 22.2 Å². The minimum atomic E-state index is 0.509. The molecule has 1 fully saturated rings. The van der Waals surface area contributed by atoms with Crippen molar-refractivity contribution in [1.29, 1.82) is 0 Å². The number of aromatic nitrogens is 2. The number of rotatable bonds is 4. The van der Waals surface area contributed by atoms with Gasteiger partial charge in [0.25, 0.3) is 0 Å². The minimum absolute atomic E-state index is 0.509. The van der Waals surface area contributed by atoms with Crippen molar-refractivity contribution in [3.63, 3.8) is 0 Å². The van der Waals surface area contributed by atoms with Crippen molar-refractivity contribution in [2.45, 2.75) is 39.2 Å². The van der Waals surface area contributed by atoms with E-state index in [-0.39, 0.29) is 0 Å². The largest absolute Gasteiger partial charge is 0.309 e. The summed E-state index contributed by atoms with van der Waals surface area (Å²) in [4.78, 5) is 8.38. The maximum atomic E-state index is 4.19. The molecule has 1 N–H and O–H groups in total. The first kappa shape index (κ1) is 10.6. The third kappa shape index (κ3) is 2.99. The molecule has 0 aliphatic heterocycles. The molecule has 1 aliphatic rings. The molecule has 1 heterocycles. The van der Waals surface area contributed by atoms with E-state index in [1.165, 1.54) is 25.7 Å². The first-order chi connectivity index (χ1) is 7.29. The van der Waals surface area contributed by atoms with E-state index in [4.69, 9.17) is 0 Å². The molecule has 0 atom stereocenters. The summed E-state index contributed by atoms with van der Waals surface area (Å²) in [6.45, 7) is 4.25. The van der Waals surface area contributed by atoms with E-state index in [9.17, 15) is 0 Å². The third-order valence-electron chi connectivity index (χ3n) is 3.26. The minimum Gasteiger partial charge on any atom is -0.309 e. The second-order valence-corrected chi connectivity index (χ2v) is 4.79. The van der Waals surface area contributed by atoms with Crippen molar-refractivity contribution in [2.24, 2.45) is 5.41 Å². The van der Waals surface area contributed by atoms with Gasteiger partial charge in [-0.25, -0.2) is 9.97 Å². The second-order valence-electron chi connectivity index (χ2n) is 4.79. The van der Waals surface area contributed by atoms with Crippen molar-refractivity contribution in [1.82, 2.24) is 15.3 Å². The molecule has 0 spiro atoms. The van der Waals surface area contributed by atoms with Crippen LogP contribution in [0.5, 0.6) is 0 Å². The van der Waals surface area contributed by atoms with Gasteiger partial charge >= 0.3 is 0 Å². The summed E-state index contributed by atoms with van der Waals surface area (Å²) < 4.78 is 0. The van der Waals surface area contributed by atoms with E-state index in [0.29, 0.717) is 5.41 Å². The first-order valence-corrected chi connectivity index (χ1v) is 5.75. The van der Waals surface area contributed by atoms with Crippen molar-refractivity contribution in [3.05, 3.63) is 24.3 Å². The quantitative estimate of drug-likeness (QED) is 0.818. The normalized spacial score (nSPS) is 19.3. The molecule has 0 bridgehead atoms. The molecule has 0 radical (unpaired) electrons. The van der Waals surface area contributed by atoms with Gasteiger partial charge in [0.15, 0.2) is 0 Å². The number of nitrogens with one attached hydrogen (secondary N) is 1. The zero-order valence-corrected chi connectivity index (χ0v) is 9.37. The summed E-state index contributed by atoms with van der Waals surface area (Å²) in [7, 11) is 0. The van der Waals surface area contributed by atoms with E-state index in [1.54, 1.807) is 12.4 Å².